The van der Waals surface area contributed by atoms with E-state index in [0.29, 0.717) is 11.7 Å². The van der Waals surface area contributed by atoms with Crippen molar-refractivity contribution in [3.05, 3.63) is 58.7 Å². The molecule has 2 N–H and O–H groups in total. The highest BCUT2D eigenvalue weighted by Crippen LogP contribution is 2.22. The van der Waals surface area contributed by atoms with E-state index in [1.54, 1.807) is 12.1 Å². The first-order chi connectivity index (χ1) is 12.1. The predicted molar refractivity (Wildman–Crippen MR) is 99.1 cm³/mol. The fourth-order valence-electron chi connectivity index (χ4n) is 3.12. The number of piperidine rings is 1. The molecule has 0 radical (unpaired) electrons. The van der Waals surface area contributed by atoms with Crippen LogP contribution < -0.4 is 5.32 Å². The Morgan fingerprint density at radius 1 is 1.20 bits per heavy atom. The van der Waals surface area contributed by atoms with Crippen LogP contribution in [0.5, 0.6) is 0 Å². The number of rotatable bonds is 6. The Morgan fingerprint density at radius 3 is 2.68 bits per heavy atom. The van der Waals surface area contributed by atoms with E-state index in [4.69, 9.17) is 16.7 Å². The number of carboxylic acid groups (broad SMARTS) is 1. The number of hydrogen-bond acceptors (Lipinski definition) is 4. The van der Waals surface area contributed by atoms with Gasteiger partial charge in [0, 0.05) is 18.1 Å². The molecule has 0 atom stereocenters. The first kappa shape index (κ1) is 17.7. The van der Waals surface area contributed by atoms with Crippen molar-refractivity contribution in [3.63, 3.8) is 0 Å². The van der Waals surface area contributed by atoms with Gasteiger partial charge in [-0.3, -0.25) is 4.90 Å². The zero-order chi connectivity index (χ0) is 17.6. The molecule has 5 nitrogen and oxygen atoms in total. The molecule has 0 bridgehead atoms. The average Bonchev–Trinajstić information content (AvgIpc) is 2.63. The molecule has 0 saturated carbocycles. The van der Waals surface area contributed by atoms with Gasteiger partial charge in [0.1, 0.15) is 5.82 Å². The second kappa shape index (κ2) is 8.32. The fraction of sp³-hybridized carbons (Fsp3) is 0.368. The van der Waals surface area contributed by atoms with Crippen LogP contribution in [-0.4, -0.2) is 40.6 Å². The van der Waals surface area contributed by atoms with Crippen molar-refractivity contribution in [2.45, 2.75) is 19.4 Å². The Balaban J connectivity index is 1.46. The Bertz CT molecular complexity index is 730. The number of hydrogen-bond donors (Lipinski definition) is 2. The van der Waals surface area contributed by atoms with Gasteiger partial charge in [0.05, 0.1) is 0 Å². The second-order valence-electron chi connectivity index (χ2n) is 6.41. The van der Waals surface area contributed by atoms with Crippen LogP contribution in [0.25, 0.3) is 0 Å². The third-order valence-corrected chi connectivity index (χ3v) is 4.97. The summed E-state index contributed by atoms with van der Waals surface area (Å²) in [6, 6.07) is 13.0. The van der Waals surface area contributed by atoms with Crippen molar-refractivity contribution in [3.8, 4) is 0 Å². The average molecular weight is 360 g/mol. The van der Waals surface area contributed by atoms with Gasteiger partial charge in [0.25, 0.3) is 0 Å². The van der Waals surface area contributed by atoms with Crippen LogP contribution >= 0.6 is 11.6 Å². The van der Waals surface area contributed by atoms with Crippen molar-refractivity contribution in [2.75, 3.05) is 25.0 Å². The molecule has 1 aliphatic heterocycles. The van der Waals surface area contributed by atoms with Crippen LogP contribution in [0.3, 0.4) is 0 Å². The summed E-state index contributed by atoms with van der Waals surface area (Å²) in [6.07, 6.45) is 2.21. The number of anilines is 1. The van der Waals surface area contributed by atoms with Crippen LogP contribution in [0.1, 0.15) is 28.9 Å². The fourth-order valence-corrected chi connectivity index (χ4v) is 3.31. The van der Waals surface area contributed by atoms with E-state index < -0.39 is 5.97 Å². The van der Waals surface area contributed by atoms with E-state index >= 15 is 0 Å². The van der Waals surface area contributed by atoms with Gasteiger partial charge in [0.2, 0.25) is 0 Å². The van der Waals surface area contributed by atoms with E-state index in [1.807, 2.05) is 18.2 Å². The Hall–Kier alpha value is -2.11. The van der Waals surface area contributed by atoms with Crippen LogP contribution in [0, 0.1) is 5.92 Å². The molecule has 2 aromatic rings. The normalized spacial score (nSPS) is 15.9. The number of carboxylic acids is 1. The number of pyridine rings is 1. The molecule has 0 aliphatic carbocycles. The molecular weight excluding hydrogens is 338 g/mol. The summed E-state index contributed by atoms with van der Waals surface area (Å²) in [7, 11) is 0. The van der Waals surface area contributed by atoms with Gasteiger partial charge in [0.15, 0.2) is 5.69 Å². The van der Waals surface area contributed by atoms with Gasteiger partial charge in [-0.25, -0.2) is 9.78 Å². The lowest BCUT2D eigenvalue weighted by atomic mass is 9.96. The molecule has 3 rings (SSSR count). The Morgan fingerprint density at radius 2 is 1.96 bits per heavy atom. The second-order valence-corrected chi connectivity index (χ2v) is 6.81. The van der Waals surface area contributed by atoms with Crippen molar-refractivity contribution in [2.24, 2.45) is 5.92 Å². The van der Waals surface area contributed by atoms with Gasteiger partial charge in [-0.1, -0.05) is 35.9 Å². The summed E-state index contributed by atoms with van der Waals surface area (Å²) in [5, 5.41) is 13.1. The maximum Gasteiger partial charge on any atom is 0.354 e. The van der Waals surface area contributed by atoms with Crippen LogP contribution in [-0.2, 0) is 6.54 Å². The Labute approximate surface area is 152 Å². The van der Waals surface area contributed by atoms with Crippen LogP contribution in [0.15, 0.2) is 42.5 Å². The van der Waals surface area contributed by atoms with Crippen molar-refractivity contribution in [1.29, 1.82) is 0 Å². The van der Waals surface area contributed by atoms with Gasteiger partial charge in [-0.2, -0.15) is 0 Å². The summed E-state index contributed by atoms with van der Waals surface area (Å²) in [5.41, 5.74) is 1.25. The maximum atomic E-state index is 11.0. The predicted octanol–water partition coefficient (Wildman–Crippen LogP) is 3.76. The minimum Gasteiger partial charge on any atom is -0.477 e. The van der Waals surface area contributed by atoms with Crippen molar-refractivity contribution < 1.29 is 9.90 Å². The van der Waals surface area contributed by atoms with Crippen molar-refractivity contribution >= 4 is 23.4 Å². The summed E-state index contributed by atoms with van der Waals surface area (Å²) in [6.45, 7) is 3.79. The highest BCUT2D eigenvalue weighted by Gasteiger charge is 2.20. The zero-order valence-electron chi connectivity index (χ0n) is 14.0. The third-order valence-electron chi connectivity index (χ3n) is 4.60. The molecule has 1 aromatic heterocycles. The minimum absolute atomic E-state index is 0.0690. The van der Waals surface area contributed by atoms with Gasteiger partial charge >= 0.3 is 5.97 Å². The first-order valence-corrected chi connectivity index (χ1v) is 8.89. The molecule has 1 aromatic carbocycles. The quantitative estimate of drug-likeness (QED) is 0.822. The monoisotopic (exact) mass is 359 g/mol. The zero-order valence-corrected chi connectivity index (χ0v) is 14.7. The maximum absolute atomic E-state index is 11.0. The van der Waals surface area contributed by atoms with Gasteiger partial charge in [-0.15, -0.1) is 0 Å². The lowest BCUT2D eigenvalue weighted by Gasteiger charge is -2.32. The number of aromatic carboxylic acids is 1. The highest BCUT2D eigenvalue weighted by molar-refractivity contribution is 6.31. The number of likely N-dealkylation sites (tertiary alicyclic amines) is 1. The molecule has 2 heterocycles. The first-order valence-electron chi connectivity index (χ1n) is 8.52. The Kier molecular flexibility index (Phi) is 5.89. The van der Waals surface area contributed by atoms with Crippen LogP contribution in [0.4, 0.5) is 5.82 Å². The molecule has 25 heavy (non-hydrogen) atoms. The summed E-state index contributed by atoms with van der Waals surface area (Å²) in [4.78, 5) is 17.5. The highest BCUT2D eigenvalue weighted by atomic mass is 35.5. The van der Waals surface area contributed by atoms with Crippen LogP contribution in [0.2, 0.25) is 5.02 Å². The standard InChI is InChI=1S/C19H22ClN3O2/c20-16-5-2-1-4-15(16)13-23-10-8-14(9-11-23)12-21-18-7-3-6-17(22-18)19(24)25/h1-7,14H,8-13H2,(H,21,22)(H,24,25). The molecule has 132 valence electrons. The molecule has 0 unspecified atom stereocenters. The largest absolute Gasteiger partial charge is 0.477 e. The number of nitrogens with zero attached hydrogens (tertiary/aromatic N) is 2. The van der Waals surface area contributed by atoms with Crippen molar-refractivity contribution in [1.82, 2.24) is 9.88 Å². The van der Waals surface area contributed by atoms with Gasteiger partial charge in [-0.05, 0) is 55.6 Å². The SMILES string of the molecule is O=C(O)c1cccc(NCC2CCN(Cc3ccccc3Cl)CC2)n1. The minimum atomic E-state index is -1.00. The lowest BCUT2D eigenvalue weighted by molar-refractivity contribution is 0.0690. The molecule has 6 heteroatoms. The number of halogens is 1. The van der Waals surface area contributed by atoms with Gasteiger partial charge < -0.3 is 10.4 Å². The lowest BCUT2D eigenvalue weighted by Crippen LogP contribution is -2.35. The summed E-state index contributed by atoms with van der Waals surface area (Å²) < 4.78 is 0. The number of carbonyl (C=O) groups is 1. The summed E-state index contributed by atoms with van der Waals surface area (Å²) >= 11 is 6.24. The summed E-state index contributed by atoms with van der Waals surface area (Å²) in [5.74, 6) is 0.188. The molecule has 1 aliphatic rings. The third kappa shape index (κ3) is 4.94. The smallest absolute Gasteiger partial charge is 0.354 e. The van der Waals surface area contributed by atoms with E-state index in [9.17, 15) is 4.79 Å². The number of benzene rings is 1. The van der Waals surface area contributed by atoms with E-state index in [1.165, 1.54) is 11.6 Å². The van der Waals surface area contributed by atoms with E-state index in [-0.39, 0.29) is 5.69 Å². The number of nitrogens with one attached hydrogen (secondary N) is 1. The van der Waals surface area contributed by atoms with E-state index in [0.717, 1.165) is 44.0 Å². The topological polar surface area (TPSA) is 65.5 Å². The molecule has 1 fully saturated rings. The molecular formula is C19H22ClN3O2. The molecule has 0 amide bonds. The molecule has 1 saturated heterocycles. The van der Waals surface area contributed by atoms with E-state index in [2.05, 4.69) is 21.3 Å². The number of aromatic nitrogens is 1. The molecule has 0 spiro atoms.